The van der Waals surface area contributed by atoms with E-state index in [4.69, 9.17) is 5.11 Å². The highest BCUT2D eigenvalue weighted by Gasteiger charge is 2.14. The molecule has 3 N–H and O–H groups in total. The molecule has 23 heavy (non-hydrogen) atoms. The highest BCUT2D eigenvalue weighted by Crippen LogP contribution is 2.17. The average Bonchev–Trinajstić information content (AvgIpc) is 2.87. The van der Waals surface area contributed by atoms with Gasteiger partial charge in [-0.3, -0.25) is 9.59 Å². The molecular weight excluding hydrogens is 318 g/mol. The average molecular weight is 341 g/mol. The molecule has 1 rings (SSSR count). The molecule has 128 valence electrons. The van der Waals surface area contributed by atoms with Gasteiger partial charge in [0, 0.05) is 42.7 Å². The van der Waals surface area contributed by atoms with Crippen molar-refractivity contribution in [2.75, 3.05) is 19.6 Å². The molecular formula is C15H23N3O4S. The summed E-state index contributed by atoms with van der Waals surface area (Å²) >= 11 is 1.62. The zero-order chi connectivity index (χ0) is 17.2. The van der Waals surface area contributed by atoms with Gasteiger partial charge in [0.1, 0.15) is 0 Å². The predicted molar refractivity (Wildman–Crippen MR) is 88.4 cm³/mol. The minimum absolute atomic E-state index is 0.0241. The van der Waals surface area contributed by atoms with E-state index in [1.807, 2.05) is 19.1 Å². The van der Waals surface area contributed by atoms with Gasteiger partial charge in [-0.2, -0.15) is 0 Å². The lowest BCUT2D eigenvalue weighted by Gasteiger charge is -2.22. The first-order valence-electron chi connectivity index (χ1n) is 7.43. The van der Waals surface area contributed by atoms with Crippen molar-refractivity contribution in [1.82, 2.24) is 15.5 Å². The van der Waals surface area contributed by atoms with Crippen LogP contribution in [0.5, 0.6) is 0 Å². The fourth-order valence-corrected chi connectivity index (χ4v) is 2.83. The van der Waals surface area contributed by atoms with Crippen molar-refractivity contribution < 1.29 is 19.5 Å². The van der Waals surface area contributed by atoms with Crippen LogP contribution >= 0.6 is 11.3 Å². The maximum absolute atomic E-state index is 12.2. The largest absolute Gasteiger partial charge is 0.481 e. The van der Waals surface area contributed by atoms with Gasteiger partial charge in [-0.15, -0.1) is 11.3 Å². The molecule has 0 aliphatic heterocycles. The number of carboxylic acids is 1. The van der Waals surface area contributed by atoms with Gasteiger partial charge in [0.15, 0.2) is 0 Å². The van der Waals surface area contributed by atoms with Gasteiger partial charge in [0.25, 0.3) is 0 Å². The van der Waals surface area contributed by atoms with Gasteiger partial charge in [-0.1, -0.05) is 0 Å². The van der Waals surface area contributed by atoms with Crippen LogP contribution in [0.15, 0.2) is 12.1 Å². The molecule has 0 unspecified atom stereocenters. The molecule has 0 aliphatic rings. The molecule has 1 heterocycles. The Bertz CT molecular complexity index is 545. The normalized spacial score (nSPS) is 10.2. The van der Waals surface area contributed by atoms with E-state index in [2.05, 4.69) is 10.6 Å². The topological polar surface area (TPSA) is 98.7 Å². The SMILES string of the molecule is CC(=O)NCCN(Cc1ccc(C)s1)C(=O)NCCCC(=O)O. The molecule has 0 atom stereocenters. The fraction of sp³-hybridized carbons (Fsp3) is 0.533. The highest BCUT2D eigenvalue weighted by atomic mass is 32.1. The number of nitrogens with one attached hydrogen (secondary N) is 2. The zero-order valence-corrected chi connectivity index (χ0v) is 14.2. The maximum Gasteiger partial charge on any atom is 0.317 e. The number of hydrogen-bond acceptors (Lipinski definition) is 4. The van der Waals surface area contributed by atoms with Crippen molar-refractivity contribution in [3.8, 4) is 0 Å². The predicted octanol–water partition coefficient (Wildman–Crippen LogP) is 1.57. The Morgan fingerprint density at radius 3 is 2.52 bits per heavy atom. The van der Waals surface area contributed by atoms with Crippen molar-refractivity contribution in [3.63, 3.8) is 0 Å². The Kier molecular flexibility index (Phi) is 8.10. The molecule has 1 aromatic heterocycles. The number of aryl methyl sites for hydroxylation is 1. The van der Waals surface area contributed by atoms with Crippen LogP contribution in [0.3, 0.4) is 0 Å². The fourth-order valence-electron chi connectivity index (χ4n) is 1.92. The van der Waals surface area contributed by atoms with Crippen LogP contribution in [0.4, 0.5) is 4.79 Å². The molecule has 0 spiro atoms. The third kappa shape index (κ3) is 8.20. The van der Waals surface area contributed by atoms with Gasteiger partial charge in [0.2, 0.25) is 5.91 Å². The summed E-state index contributed by atoms with van der Waals surface area (Å²) in [6, 6.07) is 3.71. The number of rotatable bonds is 9. The molecule has 3 amide bonds. The minimum atomic E-state index is -0.879. The lowest BCUT2D eigenvalue weighted by molar-refractivity contribution is -0.137. The molecule has 0 saturated carbocycles. The maximum atomic E-state index is 12.2. The van der Waals surface area contributed by atoms with Crippen molar-refractivity contribution >= 4 is 29.2 Å². The number of carboxylic acid groups (broad SMARTS) is 1. The van der Waals surface area contributed by atoms with E-state index in [0.29, 0.717) is 32.6 Å². The molecule has 0 aliphatic carbocycles. The van der Waals surface area contributed by atoms with E-state index in [1.54, 1.807) is 16.2 Å². The summed E-state index contributed by atoms with van der Waals surface area (Å²) in [5.41, 5.74) is 0. The standard InChI is InChI=1S/C15H23N3O4S/c1-11-5-6-13(23-11)10-18(9-8-16-12(2)19)15(22)17-7-3-4-14(20)21/h5-6H,3-4,7-10H2,1-2H3,(H,16,19)(H,17,22)(H,20,21). The molecule has 1 aromatic rings. The van der Waals surface area contributed by atoms with Crippen LogP contribution in [-0.4, -0.2) is 47.5 Å². The second kappa shape index (κ2) is 9.83. The number of carbonyl (C=O) groups excluding carboxylic acids is 2. The van der Waals surface area contributed by atoms with Crippen LogP contribution < -0.4 is 10.6 Å². The number of amides is 3. The van der Waals surface area contributed by atoms with Gasteiger partial charge in [-0.25, -0.2) is 4.79 Å². The van der Waals surface area contributed by atoms with Crippen LogP contribution in [-0.2, 0) is 16.1 Å². The number of nitrogens with zero attached hydrogens (tertiary/aromatic N) is 1. The van der Waals surface area contributed by atoms with E-state index in [0.717, 1.165) is 4.88 Å². The summed E-state index contributed by atoms with van der Waals surface area (Å²) in [7, 11) is 0. The van der Waals surface area contributed by atoms with Crippen molar-refractivity contribution in [3.05, 3.63) is 21.9 Å². The monoisotopic (exact) mass is 341 g/mol. The minimum Gasteiger partial charge on any atom is -0.481 e. The number of hydrogen-bond donors (Lipinski definition) is 3. The molecule has 7 nitrogen and oxygen atoms in total. The first-order valence-corrected chi connectivity index (χ1v) is 8.24. The van der Waals surface area contributed by atoms with E-state index in [1.165, 1.54) is 11.8 Å². The lowest BCUT2D eigenvalue weighted by atomic mass is 10.3. The van der Waals surface area contributed by atoms with Crippen LogP contribution in [0.2, 0.25) is 0 Å². The van der Waals surface area contributed by atoms with E-state index in [-0.39, 0.29) is 18.4 Å². The summed E-state index contributed by atoms with van der Waals surface area (Å²) in [4.78, 5) is 37.5. The van der Waals surface area contributed by atoms with Gasteiger partial charge < -0.3 is 20.6 Å². The number of carbonyl (C=O) groups is 3. The van der Waals surface area contributed by atoms with Crippen LogP contribution in [0.25, 0.3) is 0 Å². The summed E-state index contributed by atoms with van der Waals surface area (Å²) in [6.45, 7) is 4.97. The first-order chi connectivity index (χ1) is 10.9. The van der Waals surface area contributed by atoms with Crippen molar-refractivity contribution in [2.45, 2.75) is 33.2 Å². The Morgan fingerprint density at radius 1 is 1.22 bits per heavy atom. The van der Waals surface area contributed by atoms with E-state index >= 15 is 0 Å². The highest BCUT2D eigenvalue weighted by molar-refractivity contribution is 7.11. The van der Waals surface area contributed by atoms with Crippen molar-refractivity contribution in [1.29, 1.82) is 0 Å². The van der Waals surface area contributed by atoms with Crippen LogP contribution in [0.1, 0.15) is 29.5 Å². The summed E-state index contributed by atoms with van der Waals surface area (Å²) < 4.78 is 0. The third-order valence-corrected chi connectivity index (χ3v) is 4.01. The first kappa shape index (κ1) is 19.0. The number of thiophene rings is 1. The molecule has 0 saturated heterocycles. The van der Waals surface area contributed by atoms with E-state index < -0.39 is 5.97 Å². The molecule has 0 radical (unpaired) electrons. The summed E-state index contributed by atoms with van der Waals surface area (Å²) in [6.07, 6.45) is 0.412. The Balaban J connectivity index is 2.52. The summed E-state index contributed by atoms with van der Waals surface area (Å²) in [5, 5.41) is 14.0. The molecule has 0 fully saturated rings. The molecule has 0 bridgehead atoms. The van der Waals surface area contributed by atoms with E-state index in [9.17, 15) is 14.4 Å². The Hall–Kier alpha value is -2.09. The Labute approximate surface area is 139 Å². The number of aliphatic carboxylic acids is 1. The van der Waals surface area contributed by atoms with Crippen molar-refractivity contribution in [2.24, 2.45) is 0 Å². The summed E-state index contributed by atoms with van der Waals surface area (Å²) in [5.74, 6) is -1.02. The van der Waals surface area contributed by atoms with Gasteiger partial charge in [0.05, 0.1) is 6.54 Å². The smallest absolute Gasteiger partial charge is 0.317 e. The second-order valence-electron chi connectivity index (χ2n) is 5.15. The van der Waals surface area contributed by atoms with Gasteiger partial charge in [-0.05, 0) is 25.5 Å². The Morgan fingerprint density at radius 2 is 1.96 bits per heavy atom. The zero-order valence-electron chi connectivity index (χ0n) is 13.4. The quantitative estimate of drug-likeness (QED) is 0.594. The van der Waals surface area contributed by atoms with Gasteiger partial charge >= 0.3 is 12.0 Å². The molecule has 0 aromatic carbocycles. The lowest BCUT2D eigenvalue weighted by Crippen LogP contribution is -2.43. The molecule has 8 heteroatoms. The number of urea groups is 1. The third-order valence-electron chi connectivity index (χ3n) is 3.03. The second-order valence-corrected chi connectivity index (χ2v) is 6.52. The van der Waals surface area contributed by atoms with Crippen LogP contribution in [0, 0.1) is 6.92 Å².